The maximum atomic E-state index is 9.65. The van der Waals surface area contributed by atoms with Crippen LogP contribution >= 0.6 is 0 Å². The third kappa shape index (κ3) is 3.79. The first-order chi connectivity index (χ1) is 5.93. The van der Waals surface area contributed by atoms with Crippen LogP contribution in [0.1, 0.15) is 20.8 Å². The summed E-state index contributed by atoms with van der Waals surface area (Å²) in [7, 11) is 0. The van der Waals surface area contributed by atoms with Crippen molar-refractivity contribution in [2.45, 2.75) is 20.8 Å². The smallest absolute Gasteiger partial charge is 0.119 e. The van der Waals surface area contributed by atoms with Gasteiger partial charge in [0.25, 0.3) is 0 Å². The van der Waals surface area contributed by atoms with Gasteiger partial charge in [-0.3, -0.25) is 0 Å². The van der Waals surface area contributed by atoms with Gasteiger partial charge in [-0.25, -0.2) is 0 Å². The molecule has 0 bridgehead atoms. The molecule has 1 N–H and O–H groups in total. The second-order valence-electron chi connectivity index (χ2n) is 3.85. The first kappa shape index (κ1) is 11.8. The molecule has 0 spiro atoms. The van der Waals surface area contributed by atoms with Crippen molar-refractivity contribution in [1.82, 2.24) is 0 Å². The zero-order valence-electron chi connectivity index (χ0n) is 8.67. The molecule has 0 amide bonds. The van der Waals surface area contributed by atoms with E-state index in [1.165, 1.54) is 0 Å². The molecule has 0 fully saturated rings. The number of aliphatic hydroxyl groups excluding tert-OH is 1. The molecule has 1 nitrogen and oxygen atoms in total. The molecule has 0 aromatic rings. The lowest BCUT2D eigenvalue weighted by Gasteiger charge is -2.22. The summed E-state index contributed by atoms with van der Waals surface area (Å²) in [4.78, 5) is 0. The highest BCUT2D eigenvalue weighted by atomic mass is 16.3. The van der Waals surface area contributed by atoms with Crippen molar-refractivity contribution in [2.75, 3.05) is 0 Å². The van der Waals surface area contributed by atoms with E-state index in [4.69, 9.17) is 0 Å². The molecule has 72 valence electrons. The van der Waals surface area contributed by atoms with E-state index < -0.39 is 0 Å². The fourth-order valence-electron chi connectivity index (χ4n) is 1.04. The Morgan fingerprint density at radius 1 is 1.08 bits per heavy atom. The first-order valence-corrected chi connectivity index (χ1v) is 4.28. The van der Waals surface area contributed by atoms with Gasteiger partial charge in [-0.1, -0.05) is 52.2 Å². The molecule has 0 aromatic heterocycles. The zero-order valence-corrected chi connectivity index (χ0v) is 8.67. The molecule has 0 aliphatic carbocycles. The molecule has 0 saturated carbocycles. The first-order valence-electron chi connectivity index (χ1n) is 4.28. The van der Waals surface area contributed by atoms with Crippen LogP contribution in [0.5, 0.6) is 0 Å². The fourth-order valence-corrected chi connectivity index (χ4v) is 1.04. The van der Waals surface area contributed by atoms with Gasteiger partial charge < -0.3 is 5.11 Å². The molecule has 0 rings (SSSR count). The summed E-state index contributed by atoms with van der Waals surface area (Å²) in [6.45, 7) is 13.3. The molecule has 0 aliphatic heterocycles. The van der Waals surface area contributed by atoms with Crippen LogP contribution < -0.4 is 0 Å². The highest BCUT2D eigenvalue weighted by Crippen LogP contribution is 2.29. The summed E-state index contributed by atoms with van der Waals surface area (Å²) in [5, 5.41) is 9.65. The lowest BCUT2D eigenvalue weighted by Crippen LogP contribution is -2.11. The number of allylic oxidation sites excluding steroid dienone is 5. The van der Waals surface area contributed by atoms with Crippen molar-refractivity contribution in [3.05, 3.63) is 48.8 Å². The summed E-state index contributed by atoms with van der Waals surface area (Å²) in [5.41, 5.74) is 0.778. The van der Waals surface area contributed by atoms with Crippen molar-refractivity contribution in [1.29, 1.82) is 0 Å². The Balaban J connectivity index is 5.06. The highest BCUT2D eigenvalue weighted by Gasteiger charge is 2.19. The summed E-state index contributed by atoms with van der Waals surface area (Å²) < 4.78 is 0. The van der Waals surface area contributed by atoms with Gasteiger partial charge in [0.05, 0.1) is 0 Å². The lowest BCUT2D eigenvalue weighted by molar-refractivity contribution is 0.379. The summed E-state index contributed by atoms with van der Waals surface area (Å²) in [6.07, 6.45) is 6.64. The molecule has 0 heterocycles. The SMILES string of the molecule is C=C/C=C(\C(O)=C/C=C)C(C)(C)C. The normalized spacial score (nSPS) is 14.1. The van der Waals surface area contributed by atoms with Crippen LogP contribution in [0.4, 0.5) is 0 Å². The molecule has 0 aliphatic rings. The average molecular weight is 178 g/mol. The second kappa shape index (κ2) is 4.70. The van der Waals surface area contributed by atoms with Gasteiger partial charge in [0.2, 0.25) is 0 Å². The Hall–Kier alpha value is -1.24. The van der Waals surface area contributed by atoms with Crippen molar-refractivity contribution < 1.29 is 5.11 Å². The van der Waals surface area contributed by atoms with Crippen LogP contribution in [-0.4, -0.2) is 5.11 Å². The molecular formula is C12H18O. The Kier molecular flexibility index (Phi) is 4.26. The van der Waals surface area contributed by atoms with Gasteiger partial charge in [-0.15, -0.1) is 0 Å². The summed E-state index contributed by atoms with van der Waals surface area (Å²) in [5.74, 6) is 0.252. The minimum Gasteiger partial charge on any atom is -0.508 e. The molecule has 0 atom stereocenters. The zero-order chi connectivity index (χ0) is 10.5. The molecule has 13 heavy (non-hydrogen) atoms. The fraction of sp³-hybridized carbons (Fsp3) is 0.333. The minimum atomic E-state index is -0.0855. The molecule has 1 heteroatoms. The van der Waals surface area contributed by atoms with Gasteiger partial charge in [-0.05, 0) is 17.1 Å². The molecule has 0 radical (unpaired) electrons. The van der Waals surface area contributed by atoms with E-state index in [9.17, 15) is 5.11 Å². The van der Waals surface area contributed by atoms with Gasteiger partial charge in [-0.2, -0.15) is 0 Å². The van der Waals surface area contributed by atoms with Crippen LogP contribution in [0.15, 0.2) is 48.8 Å². The van der Waals surface area contributed by atoms with Crippen molar-refractivity contribution in [2.24, 2.45) is 5.41 Å². The highest BCUT2D eigenvalue weighted by molar-refractivity contribution is 5.34. The van der Waals surface area contributed by atoms with Crippen molar-refractivity contribution in [3.63, 3.8) is 0 Å². The molecule has 0 unspecified atom stereocenters. The van der Waals surface area contributed by atoms with E-state index >= 15 is 0 Å². The van der Waals surface area contributed by atoms with Gasteiger partial charge in [0.1, 0.15) is 5.76 Å². The standard InChI is InChI=1S/C12H18O/c1-6-8-10(12(3,4)5)11(13)9-7-2/h6-9,13H,1-2H2,3-5H3/b10-8+,11-9+. The Morgan fingerprint density at radius 3 is 1.85 bits per heavy atom. The number of aliphatic hydroxyl groups is 1. The van der Waals surface area contributed by atoms with Crippen LogP contribution in [0, 0.1) is 5.41 Å². The molecule has 0 saturated heterocycles. The van der Waals surface area contributed by atoms with E-state index in [0.29, 0.717) is 0 Å². The maximum absolute atomic E-state index is 9.65. The number of hydrogen-bond donors (Lipinski definition) is 1. The summed E-state index contributed by atoms with van der Waals surface area (Å²) >= 11 is 0. The van der Waals surface area contributed by atoms with Crippen LogP contribution in [-0.2, 0) is 0 Å². The predicted octanol–water partition coefficient (Wildman–Crippen LogP) is 3.77. The van der Waals surface area contributed by atoms with E-state index in [1.807, 2.05) is 26.8 Å². The van der Waals surface area contributed by atoms with Crippen LogP contribution in [0.3, 0.4) is 0 Å². The number of rotatable bonds is 3. The monoisotopic (exact) mass is 178 g/mol. The Bertz CT molecular complexity index is 249. The van der Waals surface area contributed by atoms with Crippen molar-refractivity contribution in [3.8, 4) is 0 Å². The summed E-state index contributed by atoms with van der Waals surface area (Å²) in [6, 6.07) is 0. The molecule has 0 aromatic carbocycles. The van der Waals surface area contributed by atoms with Crippen LogP contribution in [0.25, 0.3) is 0 Å². The third-order valence-corrected chi connectivity index (χ3v) is 1.64. The van der Waals surface area contributed by atoms with E-state index in [0.717, 1.165) is 5.57 Å². The van der Waals surface area contributed by atoms with E-state index in [2.05, 4.69) is 13.2 Å². The van der Waals surface area contributed by atoms with Gasteiger partial charge >= 0.3 is 0 Å². The lowest BCUT2D eigenvalue weighted by atomic mass is 9.85. The van der Waals surface area contributed by atoms with Crippen LogP contribution in [0.2, 0.25) is 0 Å². The maximum Gasteiger partial charge on any atom is 0.119 e. The Labute approximate surface area is 80.8 Å². The van der Waals surface area contributed by atoms with Gasteiger partial charge in [0, 0.05) is 0 Å². The van der Waals surface area contributed by atoms with E-state index in [-0.39, 0.29) is 11.2 Å². The topological polar surface area (TPSA) is 20.2 Å². The average Bonchev–Trinajstić information content (AvgIpc) is 1.98. The Morgan fingerprint density at radius 2 is 1.54 bits per heavy atom. The third-order valence-electron chi connectivity index (χ3n) is 1.64. The van der Waals surface area contributed by atoms with Crippen molar-refractivity contribution >= 4 is 0 Å². The largest absolute Gasteiger partial charge is 0.508 e. The minimum absolute atomic E-state index is 0.0855. The van der Waals surface area contributed by atoms with E-state index in [1.54, 1.807) is 18.2 Å². The predicted molar refractivity (Wildman–Crippen MR) is 58.6 cm³/mol. The molecular weight excluding hydrogens is 160 g/mol. The van der Waals surface area contributed by atoms with Gasteiger partial charge in [0.15, 0.2) is 0 Å². The quantitative estimate of drug-likeness (QED) is 0.515. The second-order valence-corrected chi connectivity index (χ2v) is 3.85. The number of hydrogen-bond acceptors (Lipinski definition) is 1.